The highest BCUT2D eigenvalue weighted by Crippen LogP contribution is 2.27. The highest BCUT2D eigenvalue weighted by Gasteiger charge is 2.21. The summed E-state index contributed by atoms with van der Waals surface area (Å²) in [6.45, 7) is 2.92. The Balaban J connectivity index is 1.57. The molecule has 3 rings (SSSR count). The van der Waals surface area contributed by atoms with Gasteiger partial charge in [-0.3, -0.25) is 9.59 Å². The molecule has 1 fully saturated rings. The van der Waals surface area contributed by atoms with Gasteiger partial charge >= 0.3 is 5.97 Å². The van der Waals surface area contributed by atoms with Crippen LogP contribution in [0.5, 0.6) is 11.5 Å². The fraction of sp³-hybridized carbons (Fsp3) is 0.261. The molecule has 1 saturated heterocycles. The maximum Gasteiger partial charge on any atom is 0.305 e. The molecule has 1 heterocycles. The van der Waals surface area contributed by atoms with Crippen LogP contribution in [0.25, 0.3) is 6.08 Å². The van der Waals surface area contributed by atoms with Crippen LogP contribution in [0, 0.1) is 0 Å². The molecule has 0 unspecified atom stereocenters. The number of thioether (sulfide) groups is 1. The summed E-state index contributed by atoms with van der Waals surface area (Å²) in [5, 5.41) is 2.60. The maximum atomic E-state index is 11.8. The van der Waals surface area contributed by atoms with Gasteiger partial charge in [0.15, 0.2) is 0 Å². The van der Waals surface area contributed by atoms with Crippen molar-refractivity contribution in [2.45, 2.75) is 26.4 Å². The van der Waals surface area contributed by atoms with E-state index in [0.29, 0.717) is 47.6 Å². The molecule has 1 amide bonds. The monoisotopic (exact) mass is 457 g/mol. The van der Waals surface area contributed by atoms with E-state index in [1.54, 1.807) is 13.0 Å². The van der Waals surface area contributed by atoms with Gasteiger partial charge in [0, 0.05) is 12.0 Å². The van der Waals surface area contributed by atoms with Crippen LogP contribution in [0.2, 0.25) is 0 Å². The first-order valence-electron chi connectivity index (χ1n) is 9.89. The molecule has 0 atom stereocenters. The lowest BCUT2D eigenvalue weighted by Crippen LogP contribution is -2.17. The highest BCUT2D eigenvalue weighted by atomic mass is 32.2. The lowest BCUT2D eigenvalue weighted by Gasteiger charge is -2.13. The second kappa shape index (κ2) is 11.5. The van der Waals surface area contributed by atoms with Crippen molar-refractivity contribution in [3.05, 3.63) is 64.6 Å². The summed E-state index contributed by atoms with van der Waals surface area (Å²) in [5.41, 5.74) is 1.75. The largest absolute Gasteiger partial charge is 0.493 e. The third-order valence-electron chi connectivity index (χ3n) is 4.25. The number of ether oxygens (including phenoxy) is 3. The Morgan fingerprint density at radius 1 is 1.16 bits per heavy atom. The third-order valence-corrected chi connectivity index (χ3v) is 5.42. The molecule has 0 aromatic heterocycles. The molecule has 2 aromatic carbocycles. The van der Waals surface area contributed by atoms with Crippen LogP contribution >= 0.6 is 24.0 Å². The molecule has 0 radical (unpaired) electrons. The number of para-hydroxylation sites is 1. The van der Waals surface area contributed by atoms with Crippen molar-refractivity contribution in [3.63, 3.8) is 0 Å². The van der Waals surface area contributed by atoms with E-state index in [9.17, 15) is 9.59 Å². The Bertz CT molecular complexity index is 989. The zero-order valence-corrected chi connectivity index (χ0v) is 18.7. The lowest BCUT2D eigenvalue weighted by atomic mass is 10.2. The summed E-state index contributed by atoms with van der Waals surface area (Å²) in [5.74, 6) is 0.998. The van der Waals surface area contributed by atoms with Crippen LogP contribution in [0.4, 0.5) is 0 Å². The topological polar surface area (TPSA) is 73.9 Å². The molecule has 8 heteroatoms. The summed E-state index contributed by atoms with van der Waals surface area (Å²) in [6.07, 6.45) is 2.70. The standard InChI is InChI=1S/C23H23NO5S2/c1-2-27-21(25)11-6-12-28-19-10-4-3-8-17(19)15-29-18-9-5-7-16(13-18)14-20-22(26)24-23(30)31-20/h3-5,7-10,13-14H,2,6,11-12,15H2,1H3,(H,24,26,30). The van der Waals surface area contributed by atoms with Crippen molar-refractivity contribution in [1.82, 2.24) is 5.32 Å². The summed E-state index contributed by atoms with van der Waals surface area (Å²) in [4.78, 5) is 23.8. The number of hydrogen-bond donors (Lipinski definition) is 1. The van der Waals surface area contributed by atoms with Gasteiger partial charge in [-0.15, -0.1) is 0 Å². The van der Waals surface area contributed by atoms with Gasteiger partial charge < -0.3 is 19.5 Å². The van der Waals surface area contributed by atoms with Crippen LogP contribution < -0.4 is 14.8 Å². The molecule has 0 saturated carbocycles. The first kappa shape index (κ1) is 22.8. The molecule has 0 bridgehead atoms. The molecule has 31 heavy (non-hydrogen) atoms. The van der Waals surface area contributed by atoms with Crippen molar-refractivity contribution >= 4 is 46.3 Å². The predicted molar refractivity (Wildman–Crippen MR) is 125 cm³/mol. The second-order valence-corrected chi connectivity index (χ2v) is 8.30. The van der Waals surface area contributed by atoms with Gasteiger partial charge in [-0.05, 0) is 43.2 Å². The van der Waals surface area contributed by atoms with Gasteiger partial charge in [0.2, 0.25) is 0 Å². The number of nitrogens with one attached hydrogen (secondary N) is 1. The zero-order chi connectivity index (χ0) is 22.1. The predicted octanol–water partition coefficient (Wildman–Crippen LogP) is 4.48. The van der Waals surface area contributed by atoms with Crippen LogP contribution in [0.3, 0.4) is 0 Å². The first-order valence-corrected chi connectivity index (χ1v) is 11.1. The normalized spacial score (nSPS) is 14.4. The van der Waals surface area contributed by atoms with E-state index in [1.165, 1.54) is 11.8 Å². The number of esters is 1. The Morgan fingerprint density at radius 3 is 2.77 bits per heavy atom. The van der Waals surface area contributed by atoms with Crippen LogP contribution in [0.1, 0.15) is 30.9 Å². The number of amides is 1. The first-order chi connectivity index (χ1) is 15.0. The Labute approximate surface area is 191 Å². The van der Waals surface area contributed by atoms with Gasteiger partial charge in [-0.2, -0.15) is 0 Å². The SMILES string of the molecule is CCOC(=O)CCCOc1ccccc1COc1cccc(C=C2SC(=S)NC2=O)c1. The van der Waals surface area contributed by atoms with Crippen molar-refractivity contribution in [2.75, 3.05) is 13.2 Å². The molecular weight excluding hydrogens is 434 g/mol. The smallest absolute Gasteiger partial charge is 0.305 e. The fourth-order valence-electron chi connectivity index (χ4n) is 2.82. The number of carbonyl (C=O) groups is 2. The number of rotatable bonds is 10. The van der Waals surface area contributed by atoms with E-state index in [1.807, 2.05) is 48.5 Å². The quantitative estimate of drug-likeness (QED) is 0.244. The number of thiocarbonyl (C=S) groups is 1. The van der Waals surface area contributed by atoms with E-state index in [0.717, 1.165) is 16.9 Å². The second-order valence-electron chi connectivity index (χ2n) is 6.58. The fourth-order valence-corrected chi connectivity index (χ4v) is 3.87. The lowest BCUT2D eigenvalue weighted by molar-refractivity contribution is -0.143. The third kappa shape index (κ3) is 7.11. The van der Waals surface area contributed by atoms with Crippen LogP contribution in [0.15, 0.2) is 53.4 Å². The number of benzene rings is 2. The average Bonchev–Trinajstić information content (AvgIpc) is 3.07. The number of carbonyl (C=O) groups excluding carboxylic acids is 2. The van der Waals surface area contributed by atoms with Crippen LogP contribution in [-0.2, 0) is 20.9 Å². The van der Waals surface area contributed by atoms with Crippen LogP contribution in [-0.4, -0.2) is 29.4 Å². The summed E-state index contributed by atoms with van der Waals surface area (Å²) < 4.78 is 17.2. The van der Waals surface area contributed by atoms with E-state index >= 15 is 0 Å². The molecule has 6 nitrogen and oxygen atoms in total. The minimum atomic E-state index is -0.215. The average molecular weight is 458 g/mol. The Morgan fingerprint density at radius 2 is 2.00 bits per heavy atom. The minimum absolute atomic E-state index is 0.185. The van der Waals surface area contributed by atoms with Crippen molar-refractivity contribution in [1.29, 1.82) is 0 Å². The molecule has 1 N–H and O–H groups in total. The zero-order valence-electron chi connectivity index (χ0n) is 17.1. The van der Waals surface area contributed by atoms with E-state index in [-0.39, 0.29) is 11.9 Å². The molecular formula is C23H23NO5S2. The summed E-state index contributed by atoms with van der Waals surface area (Å²) in [6, 6.07) is 15.1. The van der Waals surface area contributed by atoms with Crippen molar-refractivity contribution in [3.8, 4) is 11.5 Å². The highest BCUT2D eigenvalue weighted by molar-refractivity contribution is 8.26. The van der Waals surface area contributed by atoms with E-state index < -0.39 is 0 Å². The Hall–Kier alpha value is -2.84. The van der Waals surface area contributed by atoms with Gasteiger partial charge in [-0.25, -0.2) is 0 Å². The maximum absolute atomic E-state index is 11.8. The molecule has 0 aliphatic carbocycles. The van der Waals surface area contributed by atoms with Crippen molar-refractivity contribution in [2.24, 2.45) is 0 Å². The van der Waals surface area contributed by atoms with Gasteiger partial charge in [0.25, 0.3) is 5.91 Å². The van der Waals surface area contributed by atoms with E-state index in [4.69, 9.17) is 26.4 Å². The molecule has 1 aliphatic heterocycles. The Kier molecular flexibility index (Phi) is 8.49. The van der Waals surface area contributed by atoms with E-state index in [2.05, 4.69) is 5.32 Å². The van der Waals surface area contributed by atoms with Gasteiger partial charge in [0.05, 0.1) is 18.1 Å². The van der Waals surface area contributed by atoms with Crippen molar-refractivity contribution < 1.29 is 23.8 Å². The molecule has 162 valence electrons. The van der Waals surface area contributed by atoms with Gasteiger partial charge in [0.1, 0.15) is 22.4 Å². The number of hydrogen-bond acceptors (Lipinski definition) is 7. The molecule has 1 aliphatic rings. The minimum Gasteiger partial charge on any atom is -0.493 e. The molecule has 2 aromatic rings. The summed E-state index contributed by atoms with van der Waals surface area (Å²) >= 11 is 6.26. The summed E-state index contributed by atoms with van der Waals surface area (Å²) in [7, 11) is 0. The molecule has 0 spiro atoms. The van der Waals surface area contributed by atoms with Gasteiger partial charge in [-0.1, -0.05) is 54.3 Å².